The van der Waals surface area contributed by atoms with Crippen molar-refractivity contribution in [3.8, 4) is 5.75 Å². The number of carboxylic acid groups (broad SMARTS) is 1. The summed E-state index contributed by atoms with van der Waals surface area (Å²) >= 11 is 0. The molecule has 1 aromatic heterocycles. The summed E-state index contributed by atoms with van der Waals surface area (Å²) in [6, 6.07) is -0.639. The first-order valence-electron chi connectivity index (χ1n) is 21.4. The second-order valence-corrected chi connectivity index (χ2v) is 18.6. The average molecular weight is 847 g/mol. The molecule has 0 spiro atoms. The lowest BCUT2D eigenvalue weighted by molar-refractivity contribution is -0.181. The Balaban J connectivity index is 0.870. The van der Waals surface area contributed by atoms with Gasteiger partial charge in [-0.15, -0.1) is 0 Å². The molecule has 1 aromatic carbocycles. The van der Waals surface area contributed by atoms with Crippen LogP contribution < -0.4 is 20.8 Å². The molecule has 16 heteroatoms. The maximum Gasteiger partial charge on any atom is 0.341 e. The summed E-state index contributed by atoms with van der Waals surface area (Å²) in [6.45, 7) is 5.61. The van der Waals surface area contributed by atoms with Gasteiger partial charge in [0.1, 0.15) is 22.9 Å². The largest absolute Gasteiger partial charge is 0.492 e. The lowest BCUT2D eigenvalue weighted by Crippen LogP contribution is -2.61. The van der Waals surface area contributed by atoms with E-state index in [9.17, 15) is 44.1 Å². The predicted molar refractivity (Wildman–Crippen MR) is 219 cm³/mol. The number of piperazine rings is 1. The van der Waals surface area contributed by atoms with Gasteiger partial charge in [-0.1, -0.05) is 25.5 Å². The molecule has 6 aliphatic rings. The summed E-state index contributed by atoms with van der Waals surface area (Å²) < 4.78 is 28.7. The fourth-order valence-electron chi connectivity index (χ4n) is 11.9. The number of carbonyl (C=O) groups excluding carboxylic acids is 4. The van der Waals surface area contributed by atoms with E-state index < -0.39 is 75.8 Å². The van der Waals surface area contributed by atoms with E-state index in [0.717, 1.165) is 30.9 Å². The van der Waals surface area contributed by atoms with E-state index in [1.54, 1.807) is 33.4 Å². The summed E-state index contributed by atoms with van der Waals surface area (Å²) in [5, 5.41) is 33.3. The number of fused-ring (bicyclic) bond motifs is 6. The van der Waals surface area contributed by atoms with E-state index in [-0.39, 0.29) is 97.6 Å². The number of nitrogens with zero attached hydrogens (tertiary/aromatic N) is 3. The Labute approximate surface area is 352 Å². The number of ketones is 2. The zero-order chi connectivity index (χ0) is 43.9. The number of esters is 1. The number of aromatic carboxylic acids is 1. The first kappa shape index (κ1) is 42.7. The molecule has 5 N–H and O–H groups in total. The van der Waals surface area contributed by atoms with Crippen molar-refractivity contribution in [3.05, 3.63) is 57.7 Å². The summed E-state index contributed by atoms with van der Waals surface area (Å²) in [7, 11) is 1.37. The van der Waals surface area contributed by atoms with Gasteiger partial charge in [-0.05, 0) is 88.3 Å². The molecule has 1 aliphatic heterocycles. The predicted octanol–water partition coefficient (Wildman–Crippen LogP) is 3.45. The van der Waals surface area contributed by atoms with E-state index >= 15 is 4.39 Å². The number of carbonyl (C=O) groups is 5. The molecule has 0 bridgehead atoms. The van der Waals surface area contributed by atoms with Gasteiger partial charge in [0.2, 0.25) is 17.1 Å². The third-order valence-electron chi connectivity index (χ3n) is 15.3. The van der Waals surface area contributed by atoms with Crippen molar-refractivity contribution in [1.82, 2.24) is 9.47 Å². The molecular formula is C45H55FN4O11. The molecule has 0 radical (unpaired) electrons. The summed E-state index contributed by atoms with van der Waals surface area (Å²) in [5.41, 5.74) is 3.05. The minimum absolute atomic E-state index is 0.0144. The summed E-state index contributed by atoms with van der Waals surface area (Å²) in [5.74, 6) is -4.16. The number of methoxy groups -OCH3 is 1. The number of halogens is 1. The van der Waals surface area contributed by atoms with Crippen LogP contribution in [0.15, 0.2) is 40.9 Å². The Bertz CT molecular complexity index is 2340. The Morgan fingerprint density at radius 2 is 1.84 bits per heavy atom. The smallest absolute Gasteiger partial charge is 0.341 e. The number of hydrogen-bond donors (Lipinski definition) is 4. The summed E-state index contributed by atoms with van der Waals surface area (Å²) in [6.07, 6.45) is 9.28. The van der Waals surface area contributed by atoms with Gasteiger partial charge in [0.05, 0.1) is 24.1 Å². The SMILES string of the molecule is COc1c(N2CCN(C(=O)CCC(N)C(=O)OCC(=O)[C@@]3(O)CC[C@H]4C5CCC6=CC(=O)C=C[C@]6(C)[C@H]5[C@@H](O)C[C@@]43C)C(C)C2)c(F)cc2c(=O)c(C(=O)O)cn(C3CC3)c12. The number of ether oxygens (including phenoxy) is 2. The second kappa shape index (κ2) is 15.5. The van der Waals surface area contributed by atoms with Gasteiger partial charge in [-0.3, -0.25) is 24.0 Å². The average Bonchev–Trinajstić information content (AvgIpc) is 4.02. The van der Waals surface area contributed by atoms with Crippen molar-refractivity contribution in [3.63, 3.8) is 0 Å². The zero-order valence-corrected chi connectivity index (χ0v) is 35.0. The Morgan fingerprint density at radius 1 is 1.10 bits per heavy atom. The molecule has 15 nitrogen and oxygen atoms in total. The fourth-order valence-corrected chi connectivity index (χ4v) is 11.9. The highest BCUT2D eigenvalue weighted by atomic mass is 19.1. The molecular weight excluding hydrogens is 792 g/mol. The molecule has 2 heterocycles. The first-order valence-corrected chi connectivity index (χ1v) is 21.4. The quantitative estimate of drug-likeness (QED) is 0.239. The molecule has 1 saturated heterocycles. The Morgan fingerprint density at radius 3 is 2.51 bits per heavy atom. The molecule has 5 aliphatic carbocycles. The number of aromatic nitrogens is 1. The van der Waals surface area contributed by atoms with Crippen LogP contribution >= 0.6 is 0 Å². The minimum Gasteiger partial charge on any atom is -0.492 e. The molecule has 3 unspecified atom stereocenters. The fraction of sp³-hybridized carbons (Fsp3) is 0.600. The number of aliphatic hydroxyl groups excluding tert-OH is 1. The number of carboxylic acids is 1. The normalized spacial score (nSPS) is 32.4. The van der Waals surface area contributed by atoms with Gasteiger partial charge in [0, 0.05) is 61.1 Å². The molecule has 2 aromatic rings. The third kappa shape index (κ3) is 6.89. The number of aliphatic hydroxyl groups is 2. The molecule has 5 fully saturated rings. The number of anilines is 1. The molecule has 9 atom stereocenters. The molecule has 8 rings (SSSR count). The number of pyridine rings is 1. The summed E-state index contributed by atoms with van der Waals surface area (Å²) in [4.78, 5) is 80.8. The monoisotopic (exact) mass is 846 g/mol. The van der Waals surface area contributed by atoms with Crippen molar-refractivity contribution in [2.45, 2.75) is 108 Å². The van der Waals surface area contributed by atoms with E-state index in [2.05, 4.69) is 6.92 Å². The van der Waals surface area contributed by atoms with Crippen molar-refractivity contribution in [1.29, 1.82) is 0 Å². The Kier molecular flexibility index (Phi) is 10.8. The molecule has 4 saturated carbocycles. The van der Waals surface area contributed by atoms with E-state index in [1.165, 1.54) is 13.3 Å². The Hall–Kier alpha value is -4.93. The lowest BCUT2D eigenvalue weighted by Gasteiger charge is -2.59. The number of amides is 1. The maximum atomic E-state index is 15.9. The van der Waals surface area contributed by atoms with Gasteiger partial charge in [0.15, 0.2) is 24.0 Å². The van der Waals surface area contributed by atoms with E-state index in [4.69, 9.17) is 15.2 Å². The molecule has 1 amide bonds. The molecule has 328 valence electrons. The number of rotatable bonds is 11. The van der Waals surface area contributed by atoms with Gasteiger partial charge < -0.3 is 44.9 Å². The van der Waals surface area contributed by atoms with Crippen LogP contribution in [0, 0.1) is 34.4 Å². The van der Waals surface area contributed by atoms with E-state index in [0.29, 0.717) is 18.4 Å². The van der Waals surface area contributed by atoms with Crippen molar-refractivity contribution in [2.24, 2.45) is 34.3 Å². The van der Waals surface area contributed by atoms with Crippen LogP contribution in [0.3, 0.4) is 0 Å². The number of allylic oxidation sites excluding steroid dienone is 4. The highest BCUT2D eigenvalue weighted by Crippen LogP contribution is 2.67. The number of Topliss-reactive ketones (excluding diaryl/α,β-unsaturated/α-hetero) is 1. The number of hydrogen-bond acceptors (Lipinski definition) is 12. The maximum absolute atomic E-state index is 15.9. The topological polar surface area (TPSA) is 219 Å². The van der Waals surface area contributed by atoms with Crippen LogP contribution in [0.1, 0.15) is 95.0 Å². The van der Waals surface area contributed by atoms with Gasteiger partial charge >= 0.3 is 11.9 Å². The van der Waals surface area contributed by atoms with Gasteiger partial charge in [-0.25, -0.2) is 9.18 Å². The zero-order valence-electron chi connectivity index (χ0n) is 35.0. The van der Waals surface area contributed by atoms with E-state index in [1.807, 2.05) is 13.0 Å². The van der Waals surface area contributed by atoms with Crippen LogP contribution in [0.2, 0.25) is 0 Å². The van der Waals surface area contributed by atoms with Crippen molar-refractivity contribution in [2.75, 3.05) is 38.3 Å². The standard InChI is InChI=1S/C45H55FN4O11/c1-23-20-48(38-31(46)18-28-37(40(38)60-4)50(25-6-7-25)21-29(39(28)55)41(56)57)15-16-49(23)35(54)10-9-32(47)42(58)61-22-34(53)45(59)14-12-30-27-8-5-24-17-26(51)11-13-43(24,2)36(27)33(52)19-44(30,45)3/h11,13,17-18,21,23,25,27,30,32-33,36,52,59H,5-10,12,14-16,19-20,22,47H2,1-4H3,(H,56,57)/t23?,27?,30-,32?,33-,36+,43-,44-,45-/m0/s1. The number of nitrogens with two attached hydrogens (primary N) is 1. The first-order chi connectivity index (χ1) is 28.8. The molecule has 61 heavy (non-hydrogen) atoms. The van der Waals surface area contributed by atoms with Crippen molar-refractivity contribution < 1.29 is 53.2 Å². The van der Waals surface area contributed by atoms with Gasteiger partial charge in [-0.2, -0.15) is 0 Å². The van der Waals surface area contributed by atoms with Crippen LogP contribution in [-0.4, -0.2) is 111 Å². The second-order valence-electron chi connectivity index (χ2n) is 18.6. The third-order valence-corrected chi connectivity index (χ3v) is 15.3. The lowest BCUT2D eigenvalue weighted by atomic mass is 9.46. The van der Waals surface area contributed by atoms with Crippen LogP contribution in [0.5, 0.6) is 5.75 Å². The van der Waals surface area contributed by atoms with Crippen molar-refractivity contribution >= 4 is 46.0 Å². The van der Waals surface area contributed by atoms with Crippen LogP contribution in [-0.2, 0) is 23.9 Å². The highest BCUT2D eigenvalue weighted by Gasteiger charge is 2.68. The van der Waals surface area contributed by atoms with Crippen LogP contribution in [0.4, 0.5) is 10.1 Å². The number of benzene rings is 1. The van der Waals surface area contributed by atoms with Crippen LogP contribution in [0.25, 0.3) is 10.9 Å². The minimum atomic E-state index is -1.83. The van der Waals surface area contributed by atoms with Gasteiger partial charge in [0.25, 0.3) is 0 Å². The highest BCUT2D eigenvalue weighted by molar-refractivity contribution is 6.01.